The lowest BCUT2D eigenvalue weighted by Gasteiger charge is -2.17. The summed E-state index contributed by atoms with van der Waals surface area (Å²) in [6.07, 6.45) is 7.36. The Morgan fingerprint density at radius 1 is 1.65 bits per heavy atom. The highest BCUT2D eigenvalue weighted by Crippen LogP contribution is 2.23. The number of H-pyrrole nitrogens is 1. The molecule has 106 valence electrons. The van der Waals surface area contributed by atoms with Crippen molar-refractivity contribution < 1.29 is 0 Å². The van der Waals surface area contributed by atoms with E-state index < -0.39 is 0 Å². The molecule has 7 heteroatoms. The van der Waals surface area contributed by atoms with Crippen LogP contribution in [0.5, 0.6) is 0 Å². The van der Waals surface area contributed by atoms with Crippen molar-refractivity contribution in [2.45, 2.75) is 25.9 Å². The molecule has 0 fully saturated rings. The number of rotatable bonds is 6. The molecule has 2 aromatic rings. The van der Waals surface area contributed by atoms with Crippen LogP contribution in [0.2, 0.25) is 5.02 Å². The standard InChI is InChI=1S/C13H16ClN5O/c1-3-7-19-13(20)11(14)10(8-17-19)18-9(4-2)12-15-5-6-16-12/h3,5-6,8-9,18H,1,4,7H2,2H3,(H,15,16). The Hall–Kier alpha value is -2.08. The van der Waals surface area contributed by atoms with Crippen molar-refractivity contribution >= 4 is 17.3 Å². The van der Waals surface area contributed by atoms with Gasteiger partial charge in [0.1, 0.15) is 10.8 Å². The average Bonchev–Trinajstić information content (AvgIpc) is 2.97. The number of aromatic amines is 1. The fraction of sp³-hybridized carbons (Fsp3) is 0.308. The lowest BCUT2D eigenvalue weighted by atomic mass is 10.2. The van der Waals surface area contributed by atoms with E-state index >= 15 is 0 Å². The van der Waals surface area contributed by atoms with Gasteiger partial charge in [-0.3, -0.25) is 4.79 Å². The second-order valence-corrected chi connectivity index (χ2v) is 4.61. The highest BCUT2D eigenvalue weighted by atomic mass is 35.5. The molecular weight excluding hydrogens is 278 g/mol. The van der Waals surface area contributed by atoms with Gasteiger partial charge in [-0.1, -0.05) is 24.6 Å². The first-order chi connectivity index (χ1) is 9.67. The quantitative estimate of drug-likeness (QED) is 0.802. The maximum absolute atomic E-state index is 12.0. The molecule has 0 radical (unpaired) electrons. The summed E-state index contributed by atoms with van der Waals surface area (Å²) in [5.74, 6) is 0.791. The van der Waals surface area contributed by atoms with Gasteiger partial charge in [0, 0.05) is 12.4 Å². The number of nitrogens with zero attached hydrogens (tertiary/aromatic N) is 3. The highest BCUT2D eigenvalue weighted by Gasteiger charge is 2.15. The molecule has 2 aromatic heterocycles. The smallest absolute Gasteiger partial charge is 0.287 e. The fourth-order valence-electron chi connectivity index (χ4n) is 1.84. The van der Waals surface area contributed by atoms with Crippen molar-refractivity contribution in [3.63, 3.8) is 0 Å². The van der Waals surface area contributed by atoms with Crippen LogP contribution in [0.25, 0.3) is 0 Å². The predicted octanol–water partition coefficient (Wildman–Crippen LogP) is 2.37. The number of allylic oxidation sites excluding steroid dienone is 1. The Balaban J connectivity index is 2.27. The number of imidazole rings is 1. The molecule has 0 saturated carbocycles. The van der Waals surface area contributed by atoms with Gasteiger partial charge in [0.25, 0.3) is 5.56 Å². The van der Waals surface area contributed by atoms with Crippen LogP contribution in [0.15, 0.2) is 36.0 Å². The molecule has 0 aliphatic heterocycles. The number of anilines is 1. The monoisotopic (exact) mass is 293 g/mol. The van der Waals surface area contributed by atoms with Gasteiger partial charge >= 0.3 is 0 Å². The number of hydrogen-bond donors (Lipinski definition) is 2. The normalized spacial score (nSPS) is 12.1. The molecular formula is C13H16ClN5O. The van der Waals surface area contributed by atoms with E-state index in [9.17, 15) is 4.79 Å². The molecule has 1 unspecified atom stereocenters. The minimum atomic E-state index is -0.342. The van der Waals surface area contributed by atoms with Crippen LogP contribution in [-0.2, 0) is 6.54 Å². The summed E-state index contributed by atoms with van der Waals surface area (Å²) in [7, 11) is 0. The Labute approximate surface area is 121 Å². The molecule has 2 heterocycles. The van der Waals surface area contributed by atoms with Gasteiger partial charge in [0.15, 0.2) is 0 Å². The van der Waals surface area contributed by atoms with Crippen LogP contribution in [-0.4, -0.2) is 19.7 Å². The summed E-state index contributed by atoms with van der Waals surface area (Å²) in [4.78, 5) is 19.2. The van der Waals surface area contributed by atoms with Crippen molar-refractivity contribution in [2.75, 3.05) is 5.32 Å². The summed E-state index contributed by atoms with van der Waals surface area (Å²) < 4.78 is 1.26. The molecule has 0 aliphatic carbocycles. The molecule has 1 atom stereocenters. The van der Waals surface area contributed by atoms with Crippen molar-refractivity contribution in [2.24, 2.45) is 0 Å². The van der Waals surface area contributed by atoms with Gasteiger partial charge in [-0.15, -0.1) is 6.58 Å². The zero-order chi connectivity index (χ0) is 14.5. The largest absolute Gasteiger partial charge is 0.372 e. The summed E-state index contributed by atoms with van der Waals surface area (Å²) in [6, 6.07) is -0.0565. The van der Waals surface area contributed by atoms with Gasteiger partial charge in [0.2, 0.25) is 0 Å². The minimum absolute atomic E-state index is 0.0565. The van der Waals surface area contributed by atoms with Crippen LogP contribution in [0.1, 0.15) is 25.2 Å². The van der Waals surface area contributed by atoms with Crippen LogP contribution in [0.4, 0.5) is 5.69 Å². The van der Waals surface area contributed by atoms with E-state index in [0.717, 1.165) is 12.2 Å². The zero-order valence-electron chi connectivity index (χ0n) is 11.1. The van der Waals surface area contributed by atoms with E-state index in [1.165, 1.54) is 4.68 Å². The van der Waals surface area contributed by atoms with Crippen molar-refractivity contribution in [3.05, 3.63) is 52.4 Å². The van der Waals surface area contributed by atoms with Crippen molar-refractivity contribution in [1.29, 1.82) is 0 Å². The summed E-state index contributed by atoms with van der Waals surface area (Å²) >= 11 is 6.10. The van der Waals surface area contributed by atoms with Gasteiger partial charge in [-0.2, -0.15) is 5.10 Å². The van der Waals surface area contributed by atoms with Gasteiger partial charge in [0.05, 0.1) is 24.5 Å². The lowest BCUT2D eigenvalue weighted by Crippen LogP contribution is -2.24. The molecule has 0 amide bonds. The number of hydrogen-bond acceptors (Lipinski definition) is 4. The molecule has 2 rings (SSSR count). The van der Waals surface area contributed by atoms with Crippen LogP contribution in [0.3, 0.4) is 0 Å². The second-order valence-electron chi connectivity index (χ2n) is 4.23. The third kappa shape index (κ3) is 2.91. The minimum Gasteiger partial charge on any atom is -0.372 e. The predicted molar refractivity (Wildman–Crippen MR) is 78.9 cm³/mol. The summed E-state index contributed by atoms with van der Waals surface area (Å²) in [6.45, 7) is 5.92. The average molecular weight is 294 g/mol. The highest BCUT2D eigenvalue weighted by molar-refractivity contribution is 6.32. The second kappa shape index (κ2) is 6.38. The molecule has 0 aromatic carbocycles. The van der Waals surface area contributed by atoms with Crippen LogP contribution < -0.4 is 10.9 Å². The Kier molecular flexibility index (Phi) is 4.57. The van der Waals surface area contributed by atoms with E-state index in [-0.39, 0.29) is 16.6 Å². The maximum Gasteiger partial charge on any atom is 0.287 e. The van der Waals surface area contributed by atoms with Gasteiger partial charge in [-0.05, 0) is 6.42 Å². The molecule has 6 nitrogen and oxygen atoms in total. The molecule has 0 aliphatic rings. The Morgan fingerprint density at radius 3 is 3.05 bits per heavy atom. The first kappa shape index (κ1) is 14.3. The summed E-state index contributed by atoms with van der Waals surface area (Å²) in [5, 5.41) is 7.35. The van der Waals surface area contributed by atoms with E-state index in [1.807, 2.05) is 6.92 Å². The molecule has 0 saturated heterocycles. The number of halogens is 1. The first-order valence-corrected chi connectivity index (χ1v) is 6.67. The molecule has 2 N–H and O–H groups in total. The Morgan fingerprint density at radius 2 is 2.45 bits per heavy atom. The SMILES string of the molecule is C=CCn1ncc(NC(CC)c2ncc[nH]2)c(Cl)c1=O. The lowest BCUT2D eigenvalue weighted by molar-refractivity contribution is 0.648. The molecule has 0 spiro atoms. The van der Waals surface area contributed by atoms with E-state index in [2.05, 4.69) is 27.0 Å². The van der Waals surface area contributed by atoms with Gasteiger partial charge < -0.3 is 10.3 Å². The van der Waals surface area contributed by atoms with Gasteiger partial charge in [-0.25, -0.2) is 9.67 Å². The maximum atomic E-state index is 12.0. The first-order valence-electron chi connectivity index (χ1n) is 6.29. The third-order valence-corrected chi connectivity index (χ3v) is 3.24. The van der Waals surface area contributed by atoms with E-state index in [4.69, 9.17) is 11.6 Å². The fourth-order valence-corrected chi connectivity index (χ4v) is 2.04. The molecule has 20 heavy (non-hydrogen) atoms. The number of nitrogens with one attached hydrogen (secondary N) is 2. The van der Waals surface area contributed by atoms with Crippen molar-refractivity contribution in [3.8, 4) is 0 Å². The van der Waals surface area contributed by atoms with Crippen LogP contribution in [0, 0.1) is 0 Å². The van der Waals surface area contributed by atoms with E-state index in [0.29, 0.717) is 12.2 Å². The van der Waals surface area contributed by atoms with Crippen molar-refractivity contribution in [1.82, 2.24) is 19.7 Å². The Bertz CT molecular complexity index is 635. The topological polar surface area (TPSA) is 75.6 Å². The molecule has 0 bridgehead atoms. The van der Waals surface area contributed by atoms with E-state index in [1.54, 1.807) is 24.7 Å². The summed E-state index contributed by atoms with van der Waals surface area (Å²) in [5.41, 5.74) is 0.158. The van der Waals surface area contributed by atoms with Crippen LogP contribution >= 0.6 is 11.6 Å². The third-order valence-electron chi connectivity index (χ3n) is 2.87. The number of aromatic nitrogens is 4. The zero-order valence-corrected chi connectivity index (χ0v) is 11.9.